The standard InChI is InChI=1S/C22H27N3O3/c1-3-25-9-8-22(28,14(2)13-25)17-4-6-19-15(11-17)10-16(12-23-19)18-5-7-20(26)24-21(18)27/h4,6,10-12,14,18,28H,3,5,7-9,13H2,1-2H3,(H,24,26,27). The van der Waals surface area contributed by atoms with E-state index in [1.54, 1.807) is 6.20 Å². The molecule has 1 aromatic heterocycles. The Morgan fingerprint density at radius 3 is 2.86 bits per heavy atom. The number of pyridine rings is 1. The van der Waals surface area contributed by atoms with E-state index in [4.69, 9.17) is 0 Å². The summed E-state index contributed by atoms with van der Waals surface area (Å²) >= 11 is 0. The topological polar surface area (TPSA) is 82.5 Å². The fourth-order valence-electron chi connectivity index (χ4n) is 4.54. The number of likely N-dealkylation sites (tertiary alicyclic amines) is 1. The molecule has 0 bridgehead atoms. The van der Waals surface area contributed by atoms with Gasteiger partial charge >= 0.3 is 0 Å². The molecule has 148 valence electrons. The largest absolute Gasteiger partial charge is 0.385 e. The second kappa shape index (κ2) is 7.26. The lowest BCUT2D eigenvalue weighted by Crippen LogP contribution is -2.48. The molecule has 3 heterocycles. The zero-order valence-corrected chi connectivity index (χ0v) is 16.4. The summed E-state index contributed by atoms with van der Waals surface area (Å²) in [7, 11) is 0. The van der Waals surface area contributed by atoms with Crippen molar-refractivity contribution in [3.8, 4) is 0 Å². The van der Waals surface area contributed by atoms with E-state index in [1.165, 1.54) is 0 Å². The number of nitrogens with one attached hydrogen (secondary N) is 1. The van der Waals surface area contributed by atoms with Crippen LogP contribution in [0.25, 0.3) is 10.9 Å². The molecule has 3 unspecified atom stereocenters. The summed E-state index contributed by atoms with van der Waals surface area (Å²) in [6.45, 7) is 7.00. The number of fused-ring (bicyclic) bond motifs is 1. The molecule has 1 aromatic carbocycles. The summed E-state index contributed by atoms with van der Waals surface area (Å²) in [5.41, 5.74) is 1.70. The van der Waals surface area contributed by atoms with Crippen molar-refractivity contribution in [1.29, 1.82) is 0 Å². The number of rotatable bonds is 3. The monoisotopic (exact) mass is 381 g/mol. The zero-order chi connectivity index (χ0) is 19.9. The average Bonchev–Trinajstić information content (AvgIpc) is 2.69. The van der Waals surface area contributed by atoms with Crippen LogP contribution < -0.4 is 5.32 Å². The molecule has 0 radical (unpaired) electrons. The Morgan fingerprint density at radius 2 is 2.14 bits per heavy atom. The molecular formula is C22H27N3O3. The predicted molar refractivity (Wildman–Crippen MR) is 107 cm³/mol. The van der Waals surface area contributed by atoms with Gasteiger partial charge in [-0.15, -0.1) is 0 Å². The molecule has 2 aliphatic rings. The SMILES string of the molecule is CCN1CCC(O)(c2ccc3ncc(C4CCC(=O)NC4=O)cc3c2)C(C)C1. The van der Waals surface area contributed by atoms with Gasteiger partial charge in [0.05, 0.1) is 17.0 Å². The molecule has 4 rings (SSSR count). The minimum atomic E-state index is -0.857. The molecular weight excluding hydrogens is 354 g/mol. The van der Waals surface area contributed by atoms with Crippen LogP contribution in [0.4, 0.5) is 0 Å². The van der Waals surface area contributed by atoms with Gasteiger partial charge < -0.3 is 10.0 Å². The molecule has 0 aliphatic carbocycles. The van der Waals surface area contributed by atoms with Crippen molar-refractivity contribution in [3.05, 3.63) is 41.6 Å². The molecule has 2 aromatic rings. The number of carbonyl (C=O) groups excluding carboxylic acids is 2. The van der Waals surface area contributed by atoms with Gasteiger partial charge in [0, 0.05) is 37.0 Å². The molecule has 2 fully saturated rings. The Morgan fingerprint density at radius 1 is 1.32 bits per heavy atom. The number of nitrogens with zero attached hydrogens (tertiary/aromatic N) is 2. The second-order valence-electron chi connectivity index (χ2n) is 8.15. The Kier molecular flexibility index (Phi) is 4.93. The van der Waals surface area contributed by atoms with Crippen LogP contribution in [0, 0.1) is 5.92 Å². The maximum atomic E-state index is 12.2. The van der Waals surface area contributed by atoms with Crippen molar-refractivity contribution in [2.75, 3.05) is 19.6 Å². The molecule has 6 nitrogen and oxygen atoms in total. The van der Waals surface area contributed by atoms with Gasteiger partial charge in [-0.25, -0.2) is 0 Å². The van der Waals surface area contributed by atoms with E-state index in [2.05, 4.69) is 29.0 Å². The highest BCUT2D eigenvalue weighted by atomic mass is 16.3. The minimum absolute atomic E-state index is 0.130. The lowest BCUT2D eigenvalue weighted by atomic mass is 9.76. The van der Waals surface area contributed by atoms with Crippen LogP contribution in [-0.2, 0) is 15.2 Å². The highest BCUT2D eigenvalue weighted by molar-refractivity contribution is 6.01. The smallest absolute Gasteiger partial charge is 0.234 e. The van der Waals surface area contributed by atoms with Crippen LogP contribution in [0.15, 0.2) is 30.5 Å². The second-order valence-corrected chi connectivity index (χ2v) is 8.15. The molecule has 0 saturated carbocycles. The van der Waals surface area contributed by atoms with Crippen molar-refractivity contribution < 1.29 is 14.7 Å². The Hall–Kier alpha value is -2.31. The minimum Gasteiger partial charge on any atom is -0.385 e. The van der Waals surface area contributed by atoms with Gasteiger partial charge in [0.2, 0.25) is 11.8 Å². The molecule has 3 atom stereocenters. The Bertz CT molecular complexity index is 928. The summed E-state index contributed by atoms with van der Waals surface area (Å²) in [5.74, 6) is -0.697. The van der Waals surface area contributed by atoms with Gasteiger partial charge in [0.1, 0.15) is 0 Å². The normalized spacial score (nSPS) is 29.1. The van der Waals surface area contributed by atoms with Gasteiger partial charge in [-0.1, -0.05) is 19.9 Å². The van der Waals surface area contributed by atoms with E-state index in [0.717, 1.165) is 41.7 Å². The van der Waals surface area contributed by atoms with Crippen molar-refractivity contribution >= 4 is 22.7 Å². The quantitative estimate of drug-likeness (QED) is 0.798. The van der Waals surface area contributed by atoms with Crippen LogP contribution in [0.5, 0.6) is 0 Å². The first-order chi connectivity index (χ1) is 13.4. The summed E-state index contributed by atoms with van der Waals surface area (Å²) < 4.78 is 0. The predicted octanol–water partition coefficient (Wildman–Crippen LogP) is 2.30. The third-order valence-electron chi connectivity index (χ3n) is 6.45. The van der Waals surface area contributed by atoms with E-state index in [-0.39, 0.29) is 23.7 Å². The number of benzene rings is 1. The number of imide groups is 1. The van der Waals surface area contributed by atoms with E-state index in [0.29, 0.717) is 19.3 Å². The first kappa shape index (κ1) is 19.0. The summed E-state index contributed by atoms with van der Waals surface area (Å²) in [6.07, 6.45) is 3.28. The van der Waals surface area contributed by atoms with Gasteiger partial charge in [-0.05, 0) is 48.7 Å². The molecule has 2 aliphatic heterocycles. The van der Waals surface area contributed by atoms with E-state index in [9.17, 15) is 14.7 Å². The Balaban J connectivity index is 1.67. The van der Waals surface area contributed by atoms with Gasteiger partial charge in [0.25, 0.3) is 0 Å². The number of aromatic nitrogens is 1. The molecule has 6 heteroatoms. The van der Waals surface area contributed by atoms with E-state index >= 15 is 0 Å². The van der Waals surface area contributed by atoms with Crippen LogP contribution in [0.3, 0.4) is 0 Å². The average molecular weight is 381 g/mol. The zero-order valence-electron chi connectivity index (χ0n) is 16.4. The number of hydrogen-bond acceptors (Lipinski definition) is 5. The number of aliphatic hydroxyl groups is 1. The molecule has 2 saturated heterocycles. The number of piperidine rings is 2. The highest BCUT2D eigenvalue weighted by Gasteiger charge is 2.40. The van der Waals surface area contributed by atoms with Crippen molar-refractivity contribution in [1.82, 2.24) is 15.2 Å². The van der Waals surface area contributed by atoms with Crippen molar-refractivity contribution in [2.45, 2.75) is 44.6 Å². The third kappa shape index (κ3) is 3.31. The molecule has 28 heavy (non-hydrogen) atoms. The fraction of sp³-hybridized carbons (Fsp3) is 0.500. The van der Waals surface area contributed by atoms with Crippen molar-refractivity contribution in [2.24, 2.45) is 5.92 Å². The van der Waals surface area contributed by atoms with Gasteiger partial charge in [0.15, 0.2) is 0 Å². The summed E-state index contributed by atoms with van der Waals surface area (Å²) in [6, 6.07) is 7.89. The molecule has 2 amide bonds. The fourth-order valence-corrected chi connectivity index (χ4v) is 4.54. The van der Waals surface area contributed by atoms with E-state index < -0.39 is 5.60 Å². The highest BCUT2D eigenvalue weighted by Crippen LogP contribution is 2.38. The number of carbonyl (C=O) groups is 2. The number of amides is 2. The Labute approximate surface area is 164 Å². The molecule has 2 N–H and O–H groups in total. The maximum Gasteiger partial charge on any atom is 0.234 e. The lowest BCUT2D eigenvalue weighted by molar-refractivity contribution is -0.134. The maximum absolute atomic E-state index is 12.2. The summed E-state index contributed by atoms with van der Waals surface area (Å²) in [4.78, 5) is 30.5. The van der Waals surface area contributed by atoms with E-state index in [1.807, 2.05) is 24.3 Å². The lowest BCUT2D eigenvalue weighted by Gasteiger charge is -2.43. The third-order valence-corrected chi connectivity index (χ3v) is 6.45. The molecule has 0 spiro atoms. The van der Waals surface area contributed by atoms with Crippen LogP contribution in [0.2, 0.25) is 0 Å². The van der Waals surface area contributed by atoms with Gasteiger partial charge in [-0.3, -0.25) is 19.9 Å². The van der Waals surface area contributed by atoms with Crippen LogP contribution in [0.1, 0.15) is 50.2 Å². The van der Waals surface area contributed by atoms with Crippen LogP contribution >= 0.6 is 0 Å². The van der Waals surface area contributed by atoms with Crippen LogP contribution in [-0.4, -0.2) is 46.4 Å². The first-order valence-corrected chi connectivity index (χ1v) is 10.1. The van der Waals surface area contributed by atoms with Crippen molar-refractivity contribution in [3.63, 3.8) is 0 Å². The summed E-state index contributed by atoms with van der Waals surface area (Å²) in [5, 5.41) is 14.7. The number of hydrogen-bond donors (Lipinski definition) is 2. The first-order valence-electron chi connectivity index (χ1n) is 10.1. The van der Waals surface area contributed by atoms with Gasteiger partial charge in [-0.2, -0.15) is 0 Å².